The molecule has 0 spiro atoms. The van der Waals surface area contributed by atoms with E-state index in [2.05, 4.69) is 15.2 Å². The largest absolute Gasteiger partial charge is 0.348 e. The summed E-state index contributed by atoms with van der Waals surface area (Å²) in [5.41, 5.74) is 0. The molecule has 2 heterocycles. The third-order valence-electron chi connectivity index (χ3n) is 2.79. The Kier molecular flexibility index (Phi) is 3.97. The molecule has 1 aliphatic heterocycles. The van der Waals surface area contributed by atoms with E-state index in [9.17, 15) is 0 Å². The molecule has 1 N–H and O–H groups in total. The van der Waals surface area contributed by atoms with Crippen LogP contribution in [0.3, 0.4) is 0 Å². The Morgan fingerprint density at radius 3 is 2.93 bits per heavy atom. The van der Waals surface area contributed by atoms with E-state index in [1.807, 2.05) is 24.6 Å². The van der Waals surface area contributed by atoms with Crippen molar-refractivity contribution in [2.45, 2.75) is 25.7 Å². The first-order valence-corrected chi connectivity index (χ1v) is 6.56. The second kappa shape index (κ2) is 5.47. The van der Waals surface area contributed by atoms with Crippen LogP contribution < -0.4 is 10.2 Å². The zero-order valence-corrected chi connectivity index (χ0v) is 10.1. The zero-order valence-electron chi connectivity index (χ0n) is 9.33. The normalized spacial score (nSPS) is 17.0. The molecule has 0 aliphatic carbocycles. The summed E-state index contributed by atoms with van der Waals surface area (Å²) in [5, 5.41) is 4.39. The van der Waals surface area contributed by atoms with E-state index in [0.717, 1.165) is 13.0 Å². The Morgan fingerprint density at radius 2 is 2.20 bits per heavy atom. The van der Waals surface area contributed by atoms with Gasteiger partial charge in [0.05, 0.1) is 0 Å². The summed E-state index contributed by atoms with van der Waals surface area (Å²) in [6.07, 6.45) is 7.17. The number of aromatic nitrogens is 1. The number of thiazole rings is 1. The number of hydrogen-bond acceptors (Lipinski definition) is 4. The quantitative estimate of drug-likeness (QED) is 0.848. The number of nitrogens with one attached hydrogen (secondary N) is 1. The first kappa shape index (κ1) is 10.9. The van der Waals surface area contributed by atoms with Gasteiger partial charge in [-0.3, -0.25) is 0 Å². The molecular weight excluding hydrogens is 206 g/mol. The first-order valence-electron chi connectivity index (χ1n) is 5.74. The number of hydrogen-bond donors (Lipinski definition) is 1. The average Bonchev–Trinajstić information content (AvgIpc) is 2.76. The Balaban J connectivity index is 1.93. The fourth-order valence-electron chi connectivity index (χ4n) is 1.89. The van der Waals surface area contributed by atoms with Crippen LogP contribution in [0.4, 0.5) is 5.13 Å². The highest BCUT2D eigenvalue weighted by Gasteiger charge is 2.13. The summed E-state index contributed by atoms with van der Waals surface area (Å²) in [6, 6.07) is 0. The van der Waals surface area contributed by atoms with Crippen LogP contribution in [-0.2, 0) is 6.42 Å². The van der Waals surface area contributed by atoms with Crippen molar-refractivity contribution in [3.8, 4) is 0 Å². The number of rotatable bonds is 4. The van der Waals surface area contributed by atoms with Gasteiger partial charge in [0.15, 0.2) is 5.13 Å². The second-order valence-corrected chi connectivity index (χ2v) is 5.10. The molecule has 0 unspecified atom stereocenters. The SMILES string of the molecule is CNCCc1cnc(N2CCCCC2)s1. The van der Waals surface area contributed by atoms with Crippen molar-refractivity contribution in [2.75, 3.05) is 31.6 Å². The van der Waals surface area contributed by atoms with Crippen LogP contribution in [0, 0.1) is 0 Å². The Labute approximate surface area is 95.5 Å². The average molecular weight is 225 g/mol. The maximum Gasteiger partial charge on any atom is 0.185 e. The monoisotopic (exact) mass is 225 g/mol. The van der Waals surface area contributed by atoms with Crippen LogP contribution in [-0.4, -0.2) is 31.7 Å². The maximum absolute atomic E-state index is 4.51. The fraction of sp³-hybridized carbons (Fsp3) is 0.727. The summed E-state index contributed by atoms with van der Waals surface area (Å²) >= 11 is 1.85. The van der Waals surface area contributed by atoms with E-state index < -0.39 is 0 Å². The minimum atomic E-state index is 1.04. The number of piperidine rings is 1. The van der Waals surface area contributed by atoms with Crippen LogP contribution in [0.1, 0.15) is 24.1 Å². The number of anilines is 1. The molecule has 1 aliphatic rings. The predicted octanol–water partition coefficient (Wildman–Crippen LogP) is 1.90. The van der Waals surface area contributed by atoms with E-state index >= 15 is 0 Å². The van der Waals surface area contributed by atoms with Gasteiger partial charge in [0.1, 0.15) is 0 Å². The smallest absolute Gasteiger partial charge is 0.185 e. The van der Waals surface area contributed by atoms with Crippen molar-refractivity contribution in [3.05, 3.63) is 11.1 Å². The van der Waals surface area contributed by atoms with E-state index in [0.29, 0.717) is 0 Å². The van der Waals surface area contributed by atoms with Gasteiger partial charge in [-0.25, -0.2) is 4.98 Å². The molecule has 2 rings (SSSR count). The predicted molar refractivity (Wildman–Crippen MR) is 65.8 cm³/mol. The lowest BCUT2D eigenvalue weighted by atomic mass is 10.1. The number of nitrogens with zero attached hydrogens (tertiary/aromatic N) is 2. The van der Waals surface area contributed by atoms with Crippen LogP contribution in [0.2, 0.25) is 0 Å². The summed E-state index contributed by atoms with van der Waals surface area (Å²) < 4.78 is 0. The van der Waals surface area contributed by atoms with Crippen molar-refractivity contribution in [1.82, 2.24) is 10.3 Å². The summed E-state index contributed by atoms with van der Waals surface area (Å²) in [6.45, 7) is 3.43. The molecule has 0 aromatic carbocycles. The lowest BCUT2D eigenvalue weighted by Gasteiger charge is -2.25. The first-order chi connectivity index (χ1) is 7.40. The van der Waals surface area contributed by atoms with E-state index in [4.69, 9.17) is 0 Å². The highest BCUT2D eigenvalue weighted by Crippen LogP contribution is 2.25. The molecule has 84 valence electrons. The molecule has 0 saturated carbocycles. The molecule has 15 heavy (non-hydrogen) atoms. The standard InChI is InChI=1S/C11H19N3S/c1-12-6-5-10-9-13-11(15-10)14-7-3-2-4-8-14/h9,12H,2-8H2,1H3. The Morgan fingerprint density at radius 1 is 1.40 bits per heavy atom. The lowest BCUT2D eigenvalue weighted by molar-refractivity contribution is 0.577. The van der Waals surface area contributed by atoms with Crippen molar-refractivity contribution in [2.24, 2.45) is 0 Å². The van der Waals surface area contributed by atoms with Crippen LogP contribution in [0.5, 0.6) is 0 Å². The highest BCUT2D eigenvalue weighted by atomic mass is 32.1. The summed E-state index contributed by atoms with van der Waals surface area (Å²) in [4.78, 5) is 8.33. The third-order valence-corrected chi connectivity index (χ3v) is 3.91. The van der Waals surface area contributed by atoms with E-state index in [-0.39, 0.29) is 0 Å². The molecule has 0 bridgehead atoms. The van der Waals surface area contributed by atoms with Gasteiger partial charge in [-0.15, -0.1) is 11.3 Å². The Hall–Kier alpha value is -0.610. The van der Waals surface area contributed by atoms with Gasteiger partial charge < -0.3 is 10.2 Å². The van der Waals surface area contributed by atoms with Gasteiger partial charge in [-0.2, -0.15) is 0 Å². The Bertz CT molecular complexity index is 292. The molecular formula is C11H19N3S. The zero-order chi connectivity index (χ0) is 10.5. The minimum Gasteiger partial charge on any atom is -0.348 e. The molecule has 1 aromatic heterocycles. The van der Waals surface area contributed by atoms with Crippen molar-refractivity contribution < 1.29 is 0 Å². The van der Waals surface area contributed by atoms with Crippen molar-refractivity contribution >= 4 is 16.5 Å². The van der Waals surface area contributed by atoms with Crippen LogP contribution in [0.25, 0.3) is 0 Å². The lowest BCUT2D eigenvalue weighted by Crippen LogP contribution is -2.29. The van der Waals surface area contributed by atoms with E-state index in [1.165, 1.54) is 42.4 Å². The fourth-order valence-corrected chi connectivity index (χ4v) is 2.85. The second-order valence-electron chi connectivity index (χ2n) is 4.01. The molecule has 0 atom stereocenters. The topological polar surface area (TPSA) is 28.2 Å². The molecule has 1 aromatic rings. The molecule has 1 saturated heterocycles. The summed E-state index contributed by atoms with van der Waals surface area (Å²) in [7, 11) is 1.99. The van der Waals surface area contributed by atoms with Crippen LogP contribution in [0.15, 0.2) is 6.20 Å². The summed E-state index contributed by atoms with van der Waals surface area (Å²) in [5.74, 6) is 0. The highest BCUT2D eigenvalue weighted by molar-refractivity contribution is 7.15. The van der Waals surface area contributed by atoms with Gasteiger partial charge >= 0.3 is 0 Å². The van der Waals surface area contributed by atoms with E-state index in [1.54, 1.807) is 0 Å². The van der Waals surface area contributed by atoms with Gasteiger partial charge in [-0.1, -0.05) is 0 Å². The molecule has 3 nitrogen and oxygen atoms in total. The minimum absolute atomic E-state index is 1.04. The molecule has 0 radical (unpaired) electrons. The van der Waals surface area contributed by atoms with Crippen LogP contribution >= 0.6 is 11.3 Å². The number of likely N-dealkylation sites (N-methyl/N-ethyl adjacent to an activating group) is 1. The molecule has 4 heteroatoms. The van der Waals surface area contributed by atoms with Gasteiger partial charge in [-0.05, 0) is 39.3 Å². The van der Waals surface area contributed by atoms with Crippen molar-refractivity contribution in [3.63, 3.8) is 0 Å². The van der Waals surface area contributed by atoms with Gasteiger partial charge in [0, 0.05) is 24.2 Å². The molecule has 1 fully saturated rings. The van der Waals surface area contributed by atoms with Gasteiger partial charge in [0.25, 0.3) is 0 Å². The van der Waals surface area contributed by atoms with Gasteiger partial charge in [0.2, 0.25) is 0 Å². The maximum atomic E-state index is 4.51. The third kappa shape index (κ3) is 2.92. The molecule has 0 amide bonds. The van der Waals surface area contributed by atoms with Crippen molar-refractivity contribution in [1.29, 1.82) is 0 Å².